The number of nitrogens with zero attached hydrogens (tertiary/aromatic N) is 1. The maximum atomic E-state index is 11.5. The Morgan fingerprint density at radius 3 is 2.90 bits per heavy atom. The Labute approximate surface area is 125 Å². The molecule has 2 aromatic heterocycles. The lowest BCUT2D eigenvalue weighted by Crippen LogP contribution is -2.32. The van der Waals surface area contributed by atoms with E-state index >= 15 is 0 Å². The normalized spacial score (nSPS) is 12.0. The average Bonchev–Trinajstić information content (AvgIpc) is 3.04. The molecule has 2 amide bonds. The molecule has 0 aliphatic rings. The summed E-state index contributed by atoms with van der Waals surface area (Å²) < 4.78 is 5.58. The van der Waals surface area contributed by atoms with Gasteiger partial charge in [-0.3, -0.25) is 9.59 Å². The fraction of sp³-hybridized carbons (Fsp3) is 0.308. The molecule has 0 aromatic carbocycles. The SMILES string of the molecule is CC(=O)NCc1ccc(-c2csc(NC(=O)[C@@H](C)N)n2)o1. The molecule has 8 heteroatoms. The van der Waals surface area contributed by atoms with Crippen molar-refractivity contribution < 1.29 is 14.0 Å². The molecule has 0 bridgehead atoms. The van der Waals surface area contributed by atoms with E-state index in [1.54, 1.807) is 24.4 Å². The van der Waals surface area contributed by atoms with Crippen LogP contribution in [0.1, 0.15) is 19.6 Å². The van der Waals surface area contributed by atoms with Gasteiger partial charge in [0.15, 0.2) is 10.9 Å². The minimum Gasteiger partial charge on any atom is -0.458 e. The van der Waals surface area contributed by atoms with Crippen molar-refractivity contribution in [3.63, 3.8) is 0 Å². The number of nitrogens with one attached hydrogen (secondary N) is 2. The van der Waals surface area contributed by atoms with E-state index in [4.69, 9.17) is 10.2 Å². The summed E-state index contributed by atoms with van der Waals surface area (Å²) in [6, 6.07) is 2.94. The molecule has 0 unspecified atom stereocenters. The van der Waals surface area contributed by atoms with Crippen molar-refractivity contribution >= 4 is 28.3 Å². The number of nitrogens with two attached hydrogens (primary N) is 1. The Kier molecular flexibility index (Phi) is 4.71. The van der Waals surface area contributed by atoms with Gasteiger partial charge < -0.3 is 20.8 Å². The van der Waals surface area contributed by atoms with E-state index in [-0.39, 0.29) is 11.8 Å². The first-order valence-electron chi connectivity index (χ1n) is 6.31. The van der Waals surface area contributed by atoms with Crippen molar-refractivity contribution in [3.05, 3.63) is 23.3 Å². The first-order chi connectivity index (χ1) is 9.95. The van der Waals surface area contributed by atoms with E-state index in [0.717, 1.165) is 0 Å². The fourth-order valence-corrected chi connectivity index (χ4v) is 2.19. The monoisotopic (exact) mass is 308 g/mol. The molecule has 0 radical (unpaired) electrons. The van der Waals surface area contributed by atoms with Gasteiger partial charge in [0.25, 0.3) is 0 Å². The zero-order chi connectivity index (χ0) is 15.4. The summed E-state index contributed by atoms with van der Waals surface area (Å²) in [5, 5.41) is 7.51. The second-order valence-electron chi connectivity index (χ2n) is 4.49. The maximum Gasteiger partial charge on any atom is 0.242 e. The van der Waals surface area contributed by atoms with Crippen molar-refractivity contribution in [2.75, 3.05) is 5.32 Å². The Morgan fingerprint density at radius 2 is 2.24 bits per heavy atom. The van der Waals surface area contributed by atoms with Gasteiger partial charge in [0.1, 0.15) is 11.5 Å². The zero-order valence-corrected chi connectivity index (χ0v) is 12.5. The summed E-state index contributed by atoms with van der Waals surface area (Å²) >= 11 is 1.29. The number of aromatic nitrogens is 1. The molecule has 1 atom stereocenters. The van der Waals surface area contributed by atoms with Gasteiger partial charge in [-0.25, -0.2) is 4.98 Å². The van der Waals surface area contributed by atoms with E-state index < -0.39 is 6.04 Å². The molecule has 2 rings (SSSR count). The minimum absolute atomic E-state index is 0.123. The highest BCUT2D eigenvalue weighted by Gasteiger charge is 2.13. The van der Waals surface area contributed by atoms with Crippen LogP contribution < -0.4 is 16.4 Å². The summed E-state index contributed by atoms with van der Waals surface area (Å²) in [5.74, 6) is 0.798. The zero-order valence-electron chi connectivity index (χ0n) is 11.7. The standard InChI is InChI=1S/C13H16N4O3S/c1-7(14)12(19)17-13-16-10(6-21-13)11-4-3-9(20-11)5-15-8(2)18/h3-4,6-7H,5,14H2,1-2H3,(H,15,18)(H,16,17,19)/t7-/m1/s1. The highest BCUT2D eigenvalue weighted by atomic mass is 32.1. The second-order valence-corrected chi connectivity index (χ2v) is 5.35. The van der Waals surface area contributed by atoms with Crippen LogP contribution in [0.2, 0.25) is 0 Å². The fourth-order valence-electron chi connectivity index (χ4n) is 1.49. The van der Waals surface area contributed by atoms with Crippen molar-refractivity contribution in [2.45, 2.75) is 26.4 Å². The third-order valence-corrected chi connectivity index (χ3v) is 3.33. The van der Waals surface area contributed by atoms with Crippen LogP contribution in [0.5, 0.6) is 0 Å². The van der Waals surface area contributed by atoms with Gasteiger partial charge >= 0.3 is 0 Å². The Balaban J connectivity index is 2.04. The third kappa shape index (κ3) is 4.14. The molecule has 7 nitrogen and oxygen atoms in total. The van der Waals surface area contributed by atoms with Crippen LogP contribution in [0.15, 0.2) is 21.9 Å². The summed E-state index contributed by atoms with van der Waals surface area (Å²) in [6.07, 6.45) is 0. The van der Waals surface area contributed by atoms with Gasteiger partial charge in [-0.1, -0.05) is 0 Å². The van der Waals surface area contributed by atoms with Crippen molar-refractivity contribution in [3.8, 4) is 11.5 Å². The summed E-state index contributed by atoms with van der Waals surface area (Å²) in [4.78, 5) is 26.6. The number of anilines is 1. The van der Waals surface area contributed by atoms with E-state index in [2.05, 4.69) is 15.6 Å². The minimum atomic E-state index is -0.592. The summed E-state index contributed by atoms with van der Waals surface area (Å²) in [7, 11) is 0. The molecule has 21 heavy (non-hydrogen) atoms. The number of hydrogen-bond donors (Lipinski definition) is 3. The van der Waals surface area contributed by atoms with Crippen LogP contribution in [0.4, 0.5) is 5.13 Å². The van der Waals surface area contributed by atoms with Gasteiger partial charge in [0.2, 0.25) is 11.8 Å². The number of amides is 2. The van der Waals surface area contributed by atoms with Crippen LogP contribution in [0.25, 0.3) is 11.5 Å². The third-order valence-electron chi connectivity index (χ3n) is 2.57. The van der Waals surface area contributed by atoms with Gasteiger partial charge in [-0.15, -0.1) is 11.3 Å². The van der Waals surface area contributed by atoms with Crippen LogP contribution in [0, 0.1) is 0 Å². The molecule has 0 saturated carbocycles. The molecule has 0 aliphatic carbocycles. The number of furan rings is 1. The quantitative estimate of drug-likeness (QED) is 0.771. The highest BCUT2D eigenvalue weighted by molar-refractivity contribution is 7.14. The molecule has 2 aromatic rings. The summed E-state index contributed by atoms with van der Waals surface area (Å²) in [6.45, 7) is 3.37. The van der Waals surface area contributed by atoms with Crippen LogP contribution in [-0.4, -0.2) is 22.8 Å². The Morgan fingerprint density at radius 1 is 1.48 bits per heavy atom. The number of hydrogen-bond acceptors (Lipinski definition) is 6. The predicted molar refractivity (Wildman–Crippen MR) is 79.6 cm³/mol. The molecule has 4 N–H and O–H groups in total. The smallest absolute Gasteiger partial charge is 0.242 e. The second kappa shape index (κ2) is 6.51. The number of rotatable bonds is 5. The molecule has 112 valence electrons. The number of carbonyl (C=O) groups excluding carboxylic acids is 2. The lowest BCUT2D eigenvalue weighted by atomic mass is 10.3. The number of thiazole rings is 1. The summed E-state index contributed by atoms with van der Waals surface area (Å²) in [5.41, 5.74) is 6.09. The highest BCUT2D eigenvalue weighted by Crippen LogP contribution is 2.26. The van der Waals surface area contributed by atoms with Gasteiger partial charge in [0.05, 0.1) is 12.6 Å². The van der Waals surface area contributed by atoms with Gasteiger partial charge in [-0.05, 0) is 19.1 Å². The van der Waals surface area contributed by atoms with E-state index in [9.17, 15) is 9.59 Å². The van der Waals surface area contributed by atoms with Crippen LogP contribution >= 0.6 is 11.3 Å². The molecule has 0 saturated heterocycles. The predicted octanol–water partition coefficient (Wildman–Crippen LogP) is 1.32. The first kappa shape index (κ1) is 15.2. The van der Waals surface area contributed by atoms with Crippen LogP contribution in [-0.2, 0) is 16.1 Å². The topological polar surface area (TPSA) is 110 Å². The molecule has 0 spiro atoms. The Bertz CT molecular complexity index is 647. The van der Waals surface area contributed by atoms with E-state index in [1.807, 2.05) is 0 Å². The van der Waals surface area contributed by atoms with Crippen molar-refractivity contribution in [1.82, 2.24) is 10.3 Å². The van der Waals surface area contributed by atoms with Crippen molar-refractivity contribution in [2.24, 2.45) is 5.73 Å². The van der Waals surface area contributed by atoms with E-state index in [1.165, 1.54) is 18.3 Å². The van der Waals surface area contributed by atoms with Gasteiger partial charge in [0, 0.05) is 12.3 Å². The van der Waals surface area contributed by atoms with Crippen LogP contribution in [0.3, 0.4) is 0 Å². The van der Waals surface area contributed by atoms with Crippen molar-refractivity contribution in [1.29, 1.82) is 0 Å². The molecule has 0 aliphatic heterocycles. The lowest BCUT2D eigenvalue weighted by Gasteiger charge is -2.03. The molecule has 0 fully saturated rings. The Hall–Kier alpha value is -2.19. The molecule has 2 heterocycles. The first-order valence-corrected chi connectivity index (χ1v) is 7.19. The maximum absolute atomic E-state index is 11.5. The largest absolute Gasteiger partial charge is 0.458 e. The van der Waals surface area contributed by atoms with Gasteiger partial charge in [-0.2, -0.15) is 0 Å². The lowest BCUT2D eigenvalue weighted by molar-refractivity contribution is -0.119. The molecular formula is C13H16N4O3S. The molecular weight excluding hydrogens is 292 g/mol. The van der Waals surface area contributed by atoms with E-state index in [0.29, 0.717) is 28.9 Å². The average molecular weight is 308 g/mol. The number of carbonyl (C=O) groups is 2.